The first-order valence-corrected chi connectivity index (χ1v) is 11.0. The topological polar surface area (TPSA) is 105 Å². The van der Waals surface area contributed by atoms with E-state index >= 15 is 0 Å². The van der Waals surface area contributed by atoms with Crippen LogP contribution < -0.4 is 10.2 Å². The van der Waals surface area contributed by atoms with Gasteiger partial charge in [-0.25, -0.2) is 4.99 Å². The zero-order valence-electron chi connectivity index (χ0n) is 17.7. The molecule has 0 radical (unpaired) electrons. The summed E-state index contributed by atoms with van der Waals surface area (Å²) in [7, 11) is 0. The van der Waals surface area contributed by atoms with Crippen molar-refractivity contribution in [2.24, 2.45) is 4.99 Å². The smallest absolute Gasteiger partial charge is 0.274 e. The van der Waals surface area contributed by atoms with Crippen molar-refractivity contribution in [1.29, 1.82) is 0 Å². The molecule has 0 unspecified atom stereocenters. The van der Waals surface area contributed by atoms with Crippen LogP contribution >= 0.6 is 11.8 Å². The Labute approximate surface area is 194 Å². The minimum absolute atomic E-state index is 0.0772. The highest BCUT2D eigenvalue weighted by Crippen LogP contribution is 2.35. The van der Waals surface area contributed by atoms with Gasteiger partial charge in [-0.2, -0.15) is 0 Å². The predicted molar refractivity (Wildman–Crippen MR) is 130 cm³/mol. The van der Waals surface area contributed by atoms with Crippen LogP contribution in [-0.4, -0.2) is 27.2 Å². The van der Waals surface area contributed by atoms with Gasteiger partial charge in [0.1, 0.15) is 5.25 Å². The molecular weight excluding hydrogens is 440 g/mol. The number of amides is 2. The van der Waals surface area contributed by atoms with E-state index in [9.17, 15) is 19.7 Å². The lowest BCUT2D eigenvalue weighted by atomic mass is 10.1. The molecule has 166 valence electrons. The van der Waals surface area contributed by atoms with Gasteiger partial charge in [0.25, 0.3) is 5.69 Å². The third-order valence-electron chi connectivity index (χ3n) is 4.99. The molecule has 1 atom stereocenters. The summed E-state index contributed by atoms with van der Waals surface area (Å²) in [4.78, 5) is 42.7. The average molecular weight is 461 g/mol. The zero-order chi connectivity index (χ0) is 23.4. The number of benzene rings is 3. The molecule has 2 amide bonds. The average Bonchev–Trinajstić information content (AvgIpc) is 3.10. The van der Waals surface area contributed by atoms with Crippen LogP contribution in [0.4, 0.5) is 22.7 Å². The second-order valence-corrected chi connectivity index (χ2v) is 8.53. The van der Waals surface area contributed by atoms with Crippen molar-refractivity contribution in [3.05, 3.63) is 94.5 Å². The number of nitrogens with one attached hydrogen (secondary N) is 1. The van der Waals surface area contributed by atoms with Crippen LogP contribution in [0.3, 0.4) is 0 Å². The van der Waals surface area contributed by atoms with Crippen LogP contribution in [0.15, 0.2) is 83.9 Å². The minimum atomic E-state index is -0.673. The molecule has 0 spiro atoms. The maximum absolute atomic E-state index is 13.2. The number of hydrogen-bond donors (Lipinski definition) is 1. The number of nitrogens with zero attached hydrogens (tertiary/aromatic N) is 3. The fourth-order valence-corrected chi connectivity index (χ4v) is 4.52. The highest BCUT2D eigenvalue weighted by Gasteiger charge is 2.40. The molecule has 1 fully saturated rings. The summed E-state index contributed by atoms with van der Waals surface area (Å²) >= 11 is 1.22. The number of thioether (sulfide) groups is 1. The molecule has 1 aliphatic rings. The zero-order valence-corrected chi connectivity index (χ0v) is 18.5. The third-order valence-corrected chi connectivity index (χ3v) is 6.13. The summed E-state index contributed by atoms with van der Waals surface area (Å²) in [5, 5.41) is 13.6. The van der Waals surface area contributed by atoms with Crippen molar-refractivity contribution in [2.45, 2.75) is 18.6 Å². The Hall–Kier alpha value is -3.98. The quantitative estimate of drug-likeness (QED) is 0.409. The Bertz CT molecular complexity index is 1230. The molecule has 3 aromatic carbocycles. The van der Waals surface area contributed by atoms with Crippen molar-refractivity contribution in [3.63, 3.8) is 0 Å². The van der Waals surface area contributed by atoms with Gasteiger partial charge < -0.3 is 5.32 Å². The van der Waals surface area contributed by atoms with E-state index in [-0.39, 0.29) is 18.0 Å². The number of nitro benzene ring substituents is 1. The summed E-state index contributed by atoms with van der Waals surface area (Å²) < 4.78 is 0. The van der Waals surface area contributed by atoms with Gasteiger partial charge in [-0.15, -0.1) is 0 Å². The predicted octanol–water partition coefficient (Wildman–Crippen LogP) is 5.07. The lowest BCUT2D eigenvalue weighted by molar-refractivity contribution is -0.385. The monoisotopic (exact) mass is 460 g/mol. The van der Waals surface area contributed by atoms with E-state index < -0.39 is 16.1 Å². The number of hydrogen-bond acceptors (Lipinski definition) is 6. The molecule has 9 heteroatoms. The minimum Gasteiger partial charge on any atom is -0.326 e. The Morgan fingerprint density at radius 2 is 1.76 bits per heavy atom. The van der Waals surface area contributed by atoms with Crippen LogP contribution in [0, 0.1) is 17.0 Å². The number of nitro groups is 1. The first kappa shape index (κ1) is 22.2. The summed E-state index contributed by atoms with van der Waals surface area (Å²) in [6.45, 7) is 1.63. The summed E-state index contributed by atoms with van der Waals surface area (Å²) in [6, 6.07) is 22.9. The van der Waals surface area contributed by atoms with E-state index in [1.165, 1.54) is 22.7 Å². The van der Waals surface area contributed by atoms with Gasteiger partial charge in [-0.05, 0) is 37.3 Å². The molecule has 3 aromatic rings. The maximum Gasteiger partial charge on any atom is 0.274 e. The standard InChI is InChI=1S/C24H20N4O4S/c1-16-12-13-18(14-20(16)28(31)32)25-22(29)15-21-23(30)27(19-10-6-3-7-11-19)24(33-21)26-17-8-4-2-5-9-17/h2-14,21H,15H2,1H3,(H,25,29)/t21-/m0/s1. The molecule has 8 nitrogen and oxygen atoms in total. The largest absolute Gasteiger partial charge is 0.326 e. The van der Waals surface area contributed by atoms with E-state index in [0.717, 1.165) is 0 Å². The number of amidine groups is 1. The Morgan fingerprint density at radius 1 is 1.09 bits per heavy atom. The van der Waals surface area contributed by atoms with Crippen molar-refractivity contribution in [2.75, 3.05) is 10.2 Å². The van der Waals surface area contributed by atoms with Crippen molar-refractivity contribution < 1.29 is 14.5 Å². The highest BCUT2D eigenvalue weighted by molar-refractivity contribution is 8.16. The Morgan fingerprint density at radius 3 is 2.42 bits per heavy atom. The van der Waals surface area contributed by atoms with Crippen LogP contribution in [0.1, 0.15) is 12.0 Å². The fourth-order valence-electron chi connectivity index (χ4n) is 3.37. The summed E-state index contributed by atoms with van der Waals surface area (Å²) in [5.74, 6) is -0.654. The fraction of sp³-hybridized carbons (Fsp3) is 0.125. The molecule has 0 saturated carbocycles. The molecule has 0 aliphatic carbocycles. The second-order valence-electron chi connectivity index (χ2n) is 7.36. The molecule has 1 N–H and O–H groups in total. The van der Waals surface area contributed by atoms with E-state index in [1.807, 2.05) is 60.7 Å². The number of rotatable bonds is 6. The normalized spacial score (nSPS) is 16.8. The van der Waals surface area contributed by atoms with Crippen molar-refractivity contribution in [3.8, 4) is 0 Å². The van der Waals surface area contributed by atoms with E-state index in [1.54, 1.807) is 19.1 Å². The molecule has 4 rings (SSSR count). The molecule has 1 aliphatic heterocycles. The maximum atomic E-state index is 13.2. The van der Waals surface area contributed by atoms with Crippen molar-refractivity contribution >= 4 is 51.5 Å². The van der Waals surface area contributed by atoms with E-state index in [4.69, 9.17) is 0 Å². The van der Waals surface area contributed by atoms with Crippen LogP contribution in [-0.2, 0) is 9.59 Å². The Balaban J connectivity index is 1.55. The van der Waals surface area contributed by atoms with E-state index in [0.29, 0.717) is 27.8 Å². The number of aryl methyl sites for hydroxylation is 1. The van der Waals surface area contributed by atoms with Crippen LogP contribution in [0.25, 0.3) is 0 Å². The summed E-state index contributed by atoms with van der Waals surface area (Å²) in [5.41, 5.74) is 2.10. The lowest BCUT2D eigenvalue weighted by Crippen LogP contribution is -2.33. The van der Waals surface area contributed by atoms with Gasteiger partial charge in [0.05, 0.1) is 16.3 Å². The Kier molecular flexibility index (Phi) is 6.50. The number of aliphatic imine (C=N–C) groups is 1. The van der Waals surface area contributed by atoms with Gasteiger partial charge in [0.2, 0.25) is 11.8 Å². The second kappa shape index (κ2) is 9.66. The number of para-hydroxylation sites is 2. The van der Waals surface area contributed by atoms with Gasteiger partial charge in [-0.3, -0.25) is 24.6 Å². The van der Waals surface area contributed by atoms with Gasteiger partial charge in [-0.1, -0.05) is 54.2 Å². The molecule has 33 heavy (non-hydrogen) atoms. The van der Waals surface area contributed by atoms with Gasteiger partial charge in [0, 0.05) is 23.7 Å². The highest BCUT2D eigenvalue weighted by atomic mass is 32.2. The van der Waals surface area contributed by atoms with Crippen molar-refractivity contribution in [1.82, 2.24) is 0 Å². The molecule has 0 aromatic heterocycles. The SMILES string of the molecule is Cc1ccc(NC(=O)C[C@@H]2SC(=Nc3ccccc3)N(c3ccccc3)C2=O)cc1[N+](=O)[O-]. The first-order valence-electron chi connectivity index (χ1n) is 10.2. The number of carbonyl (C=O) groups is 2. The van der Waals surface area contributed by atoms with E-state index in [2.05, 4.69) is 10.3 Å². The molecule has 0 bridgehead atoms. The number of carbonyl (C=O) groups excluding carboxylic acids is 2. The lowest BCUT2D eigenvalue weighted by Gasteiger charge is -2.16. The van der Waals surface area contributed by atoms with Gasteiger partial charge >= 0.3 is 0 Å². The molecule has 1 saturated heterocycles. The van der Waals surface area contributed by atoms with Gasteiger partial charge in [0.15, 0.2) is 5.17 Å². The number of anilines is 2. The van der Waals surface area contributed by atoms with Crippen LogP contribution in [0.2, 0.25) is 0 Å². The third kappa shape index (κ3) is 5.09. The summed E-state index contributed by atoms with van der Waals surface area (Å²) in [6.07, 6.45) is -0.0949. The first-order chi connectivity index (χ1) is 15.9. The molecular formula is C24H20N4O4S. The van der Waals surface area contributed by atoms with Crippen LogP contribution in [0.5, 0.6) is 0 Å². The molecule has 1 heterocycles.